The maximum absolute atomic E-state index is 12.4. The molecule has 150 valence electrons. The Labute approximate surface area is 169 Å². The lowest BCUT2D eigenvalue weighted by atomic mass is 10.0. The molecule has 4 rings (SSSR count). The van der Waals surface area contributed by atoms with Crippen LogP contribution in [0, 0.1) is 0 Å². The molecule has 0 amide bonds. The van der Waals surface area contributed by atoms with Crippen molar-refractivity contribution in [3.05, 3.63) is 64.7 Å². The Bertz CT molecular complexity index is 1040. The molecular weight excluding hydrogens is 404 g/mol. The van der Waals surface area contributed by atoms with Gasteiger partial charge in [0.15, 0.2) is 0 Å². The minimum Gasteiger partial charge on any atom is -0.492 e. The lowest BCUT2D eigenvalue weighted by Gasteiger charge is -2.24. The summed E-state index contributed by atoms with van der Waals surface area (Å²) >= 11 is 6.32. The summed E-state index contributed by atoms with van der Waals surface area (Å²) in [6, 6.07) is 11.5. The minimum absolute atomic E-state index is 0.0807. The van der Waals surface area contributed by atoms with E-state index >= 15 is 0 Å². The van der Waals surface area contributed by atoms with Gasteiger partial charge in [-0.25, -0.2) is 0 Å². The number of nitrogens with one attached hydrogen (secondary N) is 1. The molecule has 0 saturated heterocycles. The second-order valence-corrected chi connectivity index (χ2v) is 6.53. The summed E-state index contributed by atoms with van der Waals surface area (Å²) in [6.45, 7) is -0.471. The van der Waals surface area contributed by atoms with Gasteiger partial charge >= 0.3 is 6.61 Å². The minimum atomic E-state index is -2.87. The number of alkyl halides is 2. The van der Waals surface area contributed by atoms with Gasteiger partial charge in [0, 0.05) is 5.70 Å². The second kappa shape index (κ2) is 8.04. The first-order valence-corrected chi connectivity index (χ1v) is 9.17. The van der Waals surface area contributed by atoms with Crippen molar-refractivity contribution < 1.29 is 18.3 Å². The van der Waals surface area contributed by atoms with E-state index in [9.17, 15) is 8.78 Å². The number of fused-ring (bicyclic) bond motifs is 1. The van der Waals surface area contributed by atoms with Gasteiger partial charge in [0.1, 0.15) is 17.5 Å². The van der Waals surface area contributed by atoms with Crippen LogP contribution in [-0.4, -0.2) is 33.4 Å². The third-order valence-corrected chi connectivity index (χ3v) is 4.61. The molecule has 0 fully saturated rings. The number of anilines is 1. The molecule has 2 heterocycles. The van der Waals surface area contributed by atoms with E-state index in [-0.39, 0.29) is 11.8 Å². The van der Waals surface area contributed by atoms with Crippen LogP contribution < -0.4 is 14.8 Å². The highest BCUT2D eigenvalue weighted by atomic mass is 35.5. The maximum atomic E-state index is 12.4. The van der Waals surface area contributed by atoms with E-state index in [0.717, 1.165) is 16.8 Å². The van der Waals surface area contributed by atoms with E-state index in [1.54, 1.807) is 28.9 Å². The highest BCUT2D eigenvalue weighted by molar-refractivity contribution is 6.32. The molecule has 0 bridgehead atoms. The zero-order chi connectivity index (χ0) is 20.4. The highest BCUT2D eigenvalue weighted by Gasteiger charge is 2.24. The van der Waals surface area contributed by atoms with Gasteiger partial charge in [0.05, 0.1) is 11.6 Å². The molecule has 0 spiro atoms. The van der Waals surface area contributed by atoms with Crippen molar-refractivity contribution in [1.82, 2.24) is 20.2 Å². The summed E-state index contributed by atoms with van der Waals surface area (Å²) in [5.41, 5.74) is 2.39. The van der Waals surface area contributed by atoms with Crippen LogP contribution in [-0.2, 0) is 0 Å². The Kier molecular flexibility index (Phi) is 5.30. The highest BCUT2D eigenvalue weighted by Crippen LogP contribution is 2.34. The van der Waals surface area contributed by atoms with Gasteiger partial charge in [0.2, 0.25) is 5.95 Å². The van der Waals surface area contributed by atoms with Gasteiger partial charge in [-0.05, 0) is 64.9 Å². The van der Waals surface area contributed by atoms with Crippen molar-refractivity contribution >= 4 is 23.2 Å². The van der Waals surface area contributed by atoms with E-state index in [2.05, 4.69) is 25.6 Å². The van der Waals surface area contributed by atoms with E-state index < -0.39 is 6.61 Å². The Morgan fingerprint density at radius 2 is 2.00 bits per heavy atom. The molecule has 0 unspecified atom stereocenters. The fourth-order valence-corrected chi connectivity index (χ4v) is 3.28. The summed E-state index contributed by atoms with van der Waals surface area (Å²) in [5, 5.41) is 15.4. The molecule has 1 aliphatic rings. The van der Waals surface area contributed by atoms with E-state index in [1.165, 1.54) is 12.1 Å². The van der Waals surface area contributed by atoms with Gasteiger partial charge in [0.25, 0.3) is 0 Å². The molecule has 7 nitrogen and oxygen atoms in total. The number of rotatable bonds is 6. The number of hydrogen-bond acceptors (Lipinski definition) is 6. The predicted octanol–water partition coefficient (Wildman–Crippen LogP) is 4.38. The number of allylic oxidation sites excluding steroid dienone is 1. The van der Waals surface area contributed by atoms with E-state index in [1.807, 2.05) is 19.1 Å². The smallest absolute Gasteiger partial charge is 0.387 e. The van der Waals surface area contributed by atoms with Crippen molar-refractivity contribution in [3.63, 3.8) is 0 Å². The second-order valence-electron chi connectivity index (χ2n) is 6.12. The van der Waals surface area contributed by atoms with Crippen LogP contribution in [0.2, 0.25) is 5.02 Å². The van der Waals surface area contributed by atoms with Gasteiger partial charge < -0.3 is 14.8 Å². The third kappa shape index (κ3) is 4.00. The third-order valence-electron chi connectivity index (χ3n) is 4.32. The van der Waals surface area contributed by atoms with Crippen LogP contribution in [0.1, 0.15) is 24.1 Å². The molecule has 0 aliphatic carbocycles. The van der Waals surface area contributed by atoms with Crippen LogP contribution in [0.25, 0.3) is 5.70 Å². The number of hydrogen-bond donors (Lipinski definition) is 1. The number of halogens is 3. The molecule has 3 aromatic rings. The Morgan fingerprint density at radius 1 is 1.21 bits per heavy atom. The first-order valence-electron chi connectivity index (χ1n) is 8.79. The number of aromatic nitrogens is 4. The number of benzene rings is 2. The normalized spacial score (nSPS) is 15.5. The molecule has 10 heteroatoms. The van der Waals surface area contributed by atoms with Crippen LogP contribution >= 0.6 is 11.6 Å². The van der Waals surface area contributed by atoms with Crippen LogP contribution in [0.15, 0.2) is 48.5 Å². The number of ether oxygens (including phenoxy) is 2. The molecule has 0 radical (unpaired) electrons. The maximum Gasteiger partial charge on any atom is 0.387 e. The van der Waals surface area contributed by atoms with Crippen LogP contribution in [0.3, 0.4) is 0 Å². The van der Waals surface area contributed by atoms with Gasteiger partial charge in [-0.15, -0.1) is 0 Å². The average molecular weight is 420 g/mol. The monoisotopic (exact) mass is 419 g/mol. The SMILES string of the molecule is CCOc1ccc(C2=C[C@H](c3ccc(OC(F)F)cc3)n3nnnc3N2)cc1Cl. The zero-order valence-corrected chi connectivity index (χ0v) is 16.0. The summed E-state index contributed by atoms with van der Waals surface area (Å²) in [6.07, 6.45) is 1.93. The molecule has 1 aliphatic heterocycles. The van der Waals surface area contributed by atoms with Crippen molar-refractivity contribution in [2.75, 3.05) is 11.9 Å². The van der Waals surface area contributed by atoms with Crippen LogP contribution in [0.4, 0.5) is 14.7 Å². The molecule has 1 aromatic heterocycles. The van der Waals surface area contributed by atoms with Gasteiger partial charge in [-0.2, -0.15) is 13.5 Å². The van der Waals surface area contributed by atoms with Gasteiger partial charge in [-0.3, -0.25) is 0 Å². The molecule has 2 aromatic carbocycles. The molecule has 1 N–H and O–H groups in total. The molecule has 0 saturated carbocycles. The van der Waals surface area contributed by atoms with Crippen molar-refractivity contribution in [2.45, 2.75) is 19.6 Å². The summed E-state index contributed by atoms with van der Waals surface area (Å²) in [4.78, 5) is 0. The first-order chi connectivity index (χ1) is 14.0. The number of nitrogens with zero attached hydrogens (tertiary/aromatic N) is 4. The first kappa shape index (κ1) is 19.1. The van der Waals surface area contributed by atoms with Crippen LogP contribution in [0.5, 0.6) is 11.5 Å². The zero-order valence-electron chi connectivity index (χ0n) is 15.2. The standard InChI is InChI=1S/C19H16ClF2N5O2/c1-2-28-17-8-5-12(9-14(17)20)15-10-16(27-19(23-15)24-25-26-27)11-3-6-13(7-4-11)29-18(21)22/h3-10,16,18H,2H2,1H3,(H,23,24,26)/t16-/m1/s1. The molecular formula is C19H16ClF2N5O2. The Hall–Kier alpha value is -3.20. The summed E-state index contributed by atoms with van der Waals surface area (Å²) in [7, 11) is 0. The summed E-state index contributed by atoms with van der Waals surface area (Å²) in [5.74, 6) is 1.13. The van der Waals surface area contributed by atoms with Gasteiger partial charge in [-0.1, -0.05) is 28.8 Å². The molecule has 1 atom stereocenters. The van der Waals surface area contributed by atoms with Crippen molar-refractivity contribution in [1.29, 1.82) is 0 Å². The van der Waals surface area contributed by atoms with Crippen molar-refractivity contribution in [3.8, 4) is 11.5 Å². The fourth-order valence-electron chi connectivity index (χ4n) is 3.05. The quantitative estimate of drug-likeness (QED) is 0.639. The molecule has 29 heavy (non-hydrogen) atoms. The lowest BCUT2D eigenvalue weighted by molar-refractivity contribution is -0.0498. The van der Waals surface area contributed by atoms with E-state index in [4.69, 9.17) is 16.3 Å². The predicted molar refractivity (Wildman–Crippen MR) is 103 cm³/mol. The largest absolute Gasteiger partial charge is 0.492 e. The summed E-state index contributed by atoms with van der Waals surface area (Å²) < 4.78 is 36.3. The average Bonchev–Trinajstić information content (AvgIpc) is 3.18. The number of tetrazole rings is 1. The van der Waals surface area contributed by atoms with Crippen molar-refractivity contribution in [2.24, 2.45) is 0 Å². The van der Waals surface area contributed by atoms with E-state index in [0.29, 0.717) is 23.3 Å². The Balaban J connectivity index is 1.68. The Morgan fingerprint density at radius 3 is 2.69 bits per heavy atom. The fraction of sp³-hybridized carbons (Fsp3) is 0.211. The topological polar surface area (TPSA) is 74.1 Å². The lowest BCUT2D eigenvalue weighted by Crippen LogP contribution is -2.20.